The van der Waals surface area contributed by atoms with Gasteiger partial charge in [0.25, 0.3) is 0 Å². The van der Waals surface area contributed by atoms with Crippen molar-refractivity contribution < 1.29 is 25.2 Å². The number of hydrogen-bond donors (Lipinski definition) is 4. The maximum atomic E-state index is 12.3. The van der Waals surface area contributed by atoms with Crippen molar-refractivity contribution >= 4 is 16.6 Å². The third-order valence-corrected chi connectivity index (χ3v) is 4.89. The summed E-state index contributed by atoms with van der Waals surface area (Å²) in [7, 11) is 0. The van der Waals surface area contributed by atoms with Gasteiger partial charge in [0.1, 0.15) is 23.0 Å². The molecule has 0 aliphatic heterocycles. The molecule has 4 rings (SSSR count). The normalized spacial score (nSPS) is 16.8. The molecule has 1 aliphatic carbocycles. The van der Waals surface area contributed by atoms with Crippen LogP contribution < -0.4 is 0 Å². The highest BCUT2D eigenvalue weighted by molar-refractivity contribution is 6.03. The highest BCUT2D eigenvalue weighted by Gasteiger charge is 2.33. The molecule has 0 heterocycles. The van der Waals surface area contributed by atoms with Gasteiger partial charge in [-0.1, -0.05) is 18.2 Å². The van der Waals surface area contributed by atoms with Gasteiger partial charge >= 0.3 is 0 Å². The van der Waals surface area contributed by atoms with Crippen LogP contribution in [0.15, 0.2) is 42.5 Å². The standard InChI is InChI=1S/C20H16O5/c21-13-6-4-10(18-12(13)2-1-3-14(18)22)11-5-7-16(24)20-17(25)9-8-15(23)19(11)20/h1-4,6,8-9,11,21-23,25H,5,7H2/t11-/m0/s1. The SMILES string of the molecule is O=C1CC[C@@H](c2ccc(O)c3cccc(O)c23)c2c(O)ccc(O)c21. The van der Waals surface area contributed by atoms with Gasteiger partial charge in [-0.05, 0) is 36.2 Å². The Kier molecular flexibility index (Phi) is 3.32. The van der Waals surface area contributed by atoms with Gasteiger partial charge in [-0.15, -0.1) is 0 Å². The number of rotatable bonds is 1. The molecule has 3 aromatic carbocycles. The van der Waals surface area contributed by atoms with Crippen molar-refractivity contribution in [1.29, 1.82) is 0 Å². The fourth-order valence-corrected chi connectivity index (χ4v) is 3.79. The summed E-state index contributed by atoms with van der Waals surface area (Å²) in [4.78, 5) is 12.3. The summed E-state index contributed by atoms with van der Waals surface area (Å²) in [6.45, 7) is 0. The van der Waals surface area contributed by atoms with Crippen molar-refractivity contribution in [2.75, 3.05) is 0 Å². The Balaban J connectivity index is 2.05. The molecule has 0 amide bonds. The average molecular weight is 336 g/mol. The zero-order chi connectivity index (χ0) is 17.7. The number of carbonyl (C=O) groups excluding carboxylic acids is 1. The maximum absolute atomic E-state index is 12.3. The molecule has 0 saturated heterocycles. The number of benzene rings is 3. The molecule has 0 spiro atoms. The molecule has 3 aromatic rings. The lowest BCUT2D eigenvalue weighted by Crippen LogP contribution is -2.17. The van der Waals surface area contributed by atoms with E-state index in [1.807, 2.05) is 0 Å². The molecule has 0 aromatic heterocycles. The Bertz CT molecular complexity index is 1020. The van der Waals surface area contributed by atoms with Gasteiger partial charge < -0.3 is 20.4 Å². The van der Waals surface area contributed by atoms with Crippen molar-refractivity contribution in [3.63, 3.8) is 0 Å². The van der Waals surface area contributed by atoms with E-state index in [0.29, 0.717) is 28.3 Å². The molecule has 126 valence electrons. The predicted molar refractivity (Wildman–Crippen MR) is 92.5 cm³/mol. The van der Waals surface area contributed by atoms with Crippen LogP contribution in [0.3, 0.4) is 0 Å². The summed E-state index contributed by atoms with van der Waals surface area (Å²) in [6.07, 6.45) is 0.668. The van der Waals surface area contributed by atoms with E-state index in [9.17, 15) is 25.2 Å². The van der Waals surface area contributed by atoms with Gasteiger partial charge in [-0.3, -0.25) is 4.79 Å². The summed E-state index contributed by atoms with van der Waals surface area (Å²) < 4.78 is 0. The molecule has 5 heteroatoms. The van der Waals surface area contributed by atoms with Gasteiger partial charge in [0.15, 0.2) is 5.78 Å². The average Bonchev–Trinajstić information content (AvgIpc) is 2.60. The van der Waals surface area contributed by atoms with Gasteiger partial charge in [0.05, 0.1) is 5.56 Å². The van der Waals surface area contributed by atoms with Crippen molar-refractivity contribution in [3.05, 3.63) is 59.2 Å². The summed E-state index contributed by atoms with van der Waals surface area (Å²) in [6, 6.07) is 10.8. The van der Waals surface area contributed by atoms with Crippen molar-refractivity contribution in [3.8, 4) is 23.0 Å². The summed E-state index contributed by atoms with van der Waals surface area (Å²) in [5.74, 6) is -0.760. The van der Waals surface area contributed by atoms with Crippen LogP contribution in [-0.2, 0) is 0 Å². The zero-order valence-electron chi connectivity index (χ0n) is 13.2. The first kappa shape index (κ1) is 15.3. The van der Waals surface area contributed by atoms with E-state index >= 15 is 0 Å². The number of ketones is 1. The van der Waals surface area contributed by atoms with Crippen LogP contribution in [0.2, 0.25) is 0 Å². The van der Waals surface area contributed by atoms with Gasteiger partial charge in [0, 0.05) is 28.7 Å². The Labute approximate surface area is 143 Å². The van der Waals surface area contributed by atoms with Crippen molar-refractivity contribution in [1.82, 2.24) is 0 Å². The number of Topliss-reactive ketones (excluding diaryl/α,β-unsaturated/α-hetero) is 1. The maximum Gasteiger partial charge on any atom is 0.167 e. The monoisotopic (exact) mass is 336 g/mol. The number of phenolic OH excluding ortho intramolecular Hbond substituents is 4. The van der Waals surface area contributed by atoms with Crippen LogP contribution >= 0.6 is 0 Å². The third-order valence-electron chi connectivity index (χ3n) is 4.89. The minimum absolute atomic E-state index is 0.0153. The topological polar surface area (TPSA) is 98.0 Å². The first-order valence-electron chi connectivity index (χ1n) is 8.00. The molecule has 0 bridgehead atoms. The van der Waals surface area contributed by atoms with Crippen LogP contribution in [0.5, 0.6) is 23.0 Å². The Morgan fingerprint density at radius 1 is 0.800 bits per heavy atom. The summed E-state index contributed by atoms with van der Waals surface area (Å²) in [5.41, 5.74) is 1.19. The molecule has 0 saturated carbocycles. The Hall–Kier alpha value is -3.21. The summed E-state index contributed by atoms with van der Waals surface area (Å²) >= 11 is 0. The lowest BCUT2D eigenvalue weighted by molar-refractivity contribution is 0.0965. The van der Waals surface area contributed by atoms with Gasteiger partial charge in [0.2, 0.25) is 0 Å². The third kappa shape index (κ3) is 2.20. The van der Waals surface area contributed by atoms with Crippen LogP contribution in [-0.4, -0.2) is 26.2 Å². The molecule has 0 unspecified atom stereocenters. The molecule has 1 atom stereocenters. The number of hydrogen-bond acceptors (Lipinski definition) is 5. The van der Waals surface area contributed by atoms with E-state index in [-0.39, 0.29) is 46.7 Å². The van der Waals surface area contributed by atoms with Crippen LogP contribution in [0.25, 0.3) is 10.8 Å². The minimum atomic E-state index is -0.379. The molecule has 25 heavy (non-hydrogen) atoms. The molecule has 4 N–H and O–H groups in total. The van der Waals surface area contributed by atoms with Crippen LogP contribution in [0, 0.1) is 0 Å². The fraction of sp³-hybridized carbons (Fsp3) is 0.150. The van der Waals surface area contributed by atoms with E-state index in [1.165, 1.54) is 24.3 Å². The summed E-state index contributed by atoms with van der Waals surface area (Å²) in [5, 5.41) is 41.9. The number of carbonyl (C=O) groups is 1. The second kappa shape index (κ2) is 5.41. The molecule has 0 radical (unpaired) electrons. The lowest BCUT2D eigenvalue weighted by Gasteiger charge is -2.27. The van der Waals surface area contributed by atoms with E-state index in [4.69, 9.17) is 0 Å². The quantitative estimate of drug-likeness (QED) is 0.507. The molecular weight excluding hydrogens is 320 g/mol. The first-order chi connectivity index (χ1) is 12.0. The van der Waals surface area contributed by atoms with E-state index < -0.39 is 0 Å². The van der Waals surface area contributed by atoms with Crippen LogP contribution in [0.1, 0.15) is 40.2 Å². The first-order valence-corrected chi connectivity index (χ1v) is 8.00. The second-order valence-corrected chi connectivity index (χ2v) is 6.28. The molecule has 1 aliphatic rings. The number of phenols is 4. The highest BCUT2D eigenvalue weighted by Crippen LogP contribution is 2.48. The lowest BCUT2D eigenvalue weighted by atomic mass is 9.76. The fourth-order valence-electron chi connectivity index (χ4n) is 3.79. The van der Waals surface area contributed by atoms with Gasteiger partial charge in [-0.2, -0.15) is 0 Å². The van der Waals surface area contributed by atoms with Crippen molar-refractivity contribution in [2.24, 2.45) is 0 Å². The predicted octanol–water partition coefficient (Wildman–Crippen LogP) is 3.77. The number of fused-ring (bicyclic) bond motifs is 2. The highest BCUT2D eigenvalue weighted by atomic mass is 16.3. The second-order valence-electron chi connectivity index (χ2n) is 6.28. The van der Waals surface area contributed by atoms with E-state index in [0.717, 1.165) is 0 Å². The van der Waals surface area contributed by atoms with E-state index in [2.05, 4.69) is 0 Å². The zero-order valence-corrected chi connectivity index (χ0v) is 13.2. The smallest absolute Gasteiger partial charge is 0.167 e. The Morgan fingerprint density at radius 2 is 1.52 bits per heavy atom. The van der Waals surface area contributed by atoms with E-state index in [1.54, 1.807) is 18.2 Å². The molecular formula is C20H16O5. The number of aromatic hydroxyl groups is 4. The largest absolute Gasteiger partial charge is 0.508 e. The molecule has 5 nitrogen and oxygen atoms in total. The molecule has 0 fully saturated rings. The Morgan fingerprint density at radius 3 is 2.32 bits per heavy atom. The van der Waals surface area contributed by atoms with Gasteiger partial charge in [-0.25, -0.2) is 0 Å². The minimum Gasteiger partial charge on any atom is -0.508 e. The van der Waals surface area contributed by atoms with Crippen LogP contribution in [0.4, 0.5) is 0 Å². The van der Waals surface area contributed by atoms with Crippen molar-refractivity contribution in [2.45, 2.75) is 18.8 Å².